The summed E-state index contributed by atoms with van der Waals surface area (Å²) in [5, 5.41) is 72.6. The second kappa shape index (κ2) is 55.1. The zero-order chi connectivity index (χ0) is 59.4. The Balaban J connectivity index is 1.63. The van der Waals surface area contributed by atoms with Gasteiger partial charge in [0.05, 0.1) is 26.4 Å². The highest BCUT2D eigenvalue weighted by Crippen LogP contribution is 2.27. The number of allylic oxidation sites excluding steroid dienone is 2. The fourth-order valence-corrected chi connectivity index (χ4v) is 11.5. The maximum absolute atomic E-state index is 13.2. The van der Waals surface area contributed by atoms with Crippen LogP contribution in [0.2, 0.25) is 0 Å². The number of hydrogen-bond donors (Lipinski definition) is 7. The van der Waals surface area contributed by atoms with Crippen molar-refractivity contribution in [2.45, 2.75) is 383 Å². The maximum Gasteiger partial charge on any atom is 0.306 e. The van der Waals surface area contributed by atoms with Gasteiger partial charge in [-0.1, -0.05) is 283 Å². The average molecular weight is 1170 g/mol. The zero-order valence-electron chi connectivity index (χ0n) is 52.8. The van der Waals surface area contributed by atoms with Crippen LogP contribution in [-0.2, 0) is 33.2 Å². The quantitative estimate of drug-likeness (QED) is 0.0171. The highest BCUT2D eigenvalue weighted by molar-refractivity contribution is 5.69. The van der Waals surface area contributed by atoms with Crippen molar-refractivity contribution in [1.29, 1.82) is 0 Å². The molecule has 2 rings (SSSR count). The predicted octanol–water partition coefficient (Wildman–Crippen LogP) is 14.5. The molecule has 11 atom stereocenters. The fourth-order valence-electron chi connectivity index (χ4n) is 11.5. The van der Waals surface area contributed by atoms with E-state index in [1.807, 2.05) is 0 Å². The minimum atomic E-state index is -1.70. The summed E-state index contributed by atoms with van der Waals surface area (Å²) >= 11 is 0. The van der Waals surface area contributed by atoms with Gasteiger partial charge in [-0.25, -0.2) is 0 Å². The second-order valence-electron chi connectivity index (χ2n) is 24.7. The zero-order valence-corrected chi connectivity index (χ0v) is 52.8. The minimum absolute atomic E-state index is 0.0683. The summed E-state index contributed by atoms with van der Waals surface area (Å²) in [6.45, 7) is 3.78. The van der Waals surface area contributed by atoms with Gasteiger partial charge in [0.15, 0.2) is 12.6 Å². The lowest BCUT2D eigenvalue weighted by Crippen LogP contribution is -2.61. The van der Waals surface area contributed by atoms with Crippen LogP contribution in [-0.4, -0.2) is 142 Å². The Morgan fingerprint density at radius 3 is 1.11 bits per heavy atom. The monoisotopic (exact) mass is 1170 g/mol. The van der Waals surface area contributed by atoms with Crippen molar-refractivity contribution >= 4 is 5.97 Å². The van der Waals surface area contributed by atoms with Crippen LogP contribution in [0.5, 0.6) is 0 Å². The van der Waals surface area contributed by atoms with Crippen molar-refractivity contribution in [1.82, 2.24) is 0 Å². The third-order valence-electron chi connectivity index (χ3n) is 17.0. The molecule has 11 unspecified atom stereocenters. The Labute approximate surface area is 501 Å². The van der Waals surface area contributed by atoms with Crippen molar-refractivity contribution in [3.05, 3.63) is 12.2 Å². The summed E-state index contributed by atoms with van der Waals surface area (Å²) in [4.78, 5) is 13.2. The van der Waals surface area contributed by atoms with Gasteiger partial charge < -0.3 is 64.2 Å². The van der Waals surface area contributed by atoms with Crippen molar-refractivity contribution < 1.29 is 69.0 Å². The lowest BCUT2D eigenvalue weighted by atomic mass is 9.98. The summed E-state index contributed by atoms with van der Waals surface area (Å²) < 4.78 is 34.6. The number of aliphatic hydroxyl groups is 7. The smallest absolute Gasteiger partial charge is 0.306 e. The molecule has 486 valence electrons. The van der Waals surface area contributed by atoms with Crippen LogP contribution >= 0.6 is 0 Å². The predicted molar refractivity (Wildman–Crippen MR) is 331 cm³/mol. The summed E-state index contributed by atoms with van der Waals surface area (Å²) in [5.74, 6) is -0.366. The van der Waals surface area contributed by atoms with Crippen LogP contribution in [0.3, 0.4) is 0 Å². The van der Waals surface area contributed by atoms with Crippen LogP contribution in [0.25, 0.3) is 0 Å². The number of rotatable bonds is 59. The van der Waals surface area contributed by atoms with Gasteiger partial charge in [0.2, 0.25) is 0 Å². The molecule has 0 radical (unpaired) electrons. The molecule has 2 saturated heterocycles. The van der Waals surface area contributed by atoms with Crippen molar-refractivity contribution in [2.24, 2.45) is 0 Å². The van der Waals surface area contributed by atoms with Crippen molar-refractivity contribution in [3.8, 4) is 0 Å². The highest BCUT2D eigenvalue weighted by Gasteiger charge is 2.47. The van der Waals surface area contributed by atoms with E-state index in [0.717, 1.165) is 38.5 Å². The second-order valence-corrected chi connectivity index (χ2v) is 24.7. The molecule has 82 heavy (non-hydrogen) atoms. The molecule has 14 heteroatoms. The summed E-state index contributed by atoms with van der Waals surface area (Å²) in [6, 6.07) is 0. The third kappa shape index (κ3) is 40.2. The summed E-state index contributed by atoms with van der Waals surface area (Å²) in [6.07, 6.45) is 48.6. The minimum Gasteiger partial charge on any atom is -0.457 e. The summed E-state index contributed by atoms with van der Waals surface area (Å²) in [5.41, 5.74) is 0. The van der Waals surface area contributed by atoms with Gasteiger partial charge in [0, 0.05) is 13.0 Å². The number of carbonyl (C=O) groups excluding carboxylic acids is 1. The lowest BCUT2D eigenvalue weighted by Gasteiger charge is -2.42. The van der Waals surface area contributed by atoms with Crippen molar-refractivity contribution in [3.63, 3.8) is 0 Å². The van der Waals surface area contributed by atoms with E-state index < -0.39 is 80.7 Å². The van der Waals surface area contributed by atoms with Gasteiger partial charge in [-0.05, 0) is 38.5 Å². The Morgan fingerprint density at radius 1 is 0.390 bits per heavy atom. The van der Waals surface area contributed by atoms with Crippen LogP contribution in [0.1, 0.15) is 316 Å². The molecule has 0 aromatic carbocycles. The Hall–Kier alpha value is -1.27. The molecule has 0 saturated carbocycles. The summed E-state index contributed by atoms with van der Waals surface area (Å²) in [7, 11) is 0. The van der Waals surface area contributed by atoms with E-state index in [1.165, 1.54) is 250 Å². The van der Waals surface area contributed by atoms with Gasteiger partial charge in [0.25, 0.3) is 0 Å². The normalized spacial score (nSPS) is 23.5. The molecular formula is C68H130O14. The van der Waals surface area contributed by atoms with Crippen LogP contribution in [0, 0.1) is 0 Å². The molecule has 14 nitrogen and oxygen atoms in total. The molecule has 0 bridgehead atoms. The van der Waals surface area contributed by atoms with Crippen LogP contribution < -0.4 is 0 Å². The molecular weight excluding hydrogens is 1040 g/mol. The maximum atomic E-state index is 13.2. The Kier molecular flexibility index (Phi) is 51.6. The molecule has 0 aliphatic carbocycles. The van der Waals surface area contributed by atoms with E-state index in [1.54, 1.807) is 0 Å². The molecule has 7 N–H and O–H groups in total. The van der Waals surface area contributed by atoms with Crippen molar-refractivity contribution in [2.75, 3.05) is 33.0 Å². The van der Waals surface area contributed by atoms with E-state index in [-0.39, 0.29) is 25.6 Å². The number of carbonyl (C=O) groups is 1. The van der Waals surface area contributed by atoms with Gasteiger partial charge >= 0.3 is 5.97 Å². The largest absolute Gasteiger partial charge is 0.457 e. The molecule has 2 aliphatic rings. The van der Waals surface area contributed by atoms with E-state index in [0.29, 0.717) is 13.0 Å². The molecule has 2 aliphatic heterocycles. The van der Waals surface area contributed by atoms with E-state index in [9.17, 15) is 40.5 Å². The lowest BCUT2D eigenvalue weighted by molar-refractivity contribution is -0.332. The molecule has 0 aromatic rings. The SMILES string of the molecule is CCCCCCCCCC/C=C\CCCCCCCCCCCCCCOCC(COC1OC(COC2OC(CO)C(O)C(O)C2O)C(O)C(O)C1O)OC(=O)CCCCCCCCCCCCCCCCCCCCCCCCCC. The Bertz CT molecular complexity index is 1410. The number of unbranched alkanes of at least 4 members (excludes halogenated alkanes) is 43. The first-order valence-corrected chi connectivity index (χ1v) is 34.8. The van der Waals surface area contributed by atoms with Gasteiger partial charge in [-0.15, -0.1) is 0 Å². The third-order valence-corrected chi connectivity index (χ3v) is 17.0. The van der Waals surface area contributed by atoms with Gasteiger partial charge in [-0.2, -0.15) is 0 Å². The topological polar surface area (TPSA) is 214 Å². The Morgan fingerprint density at radius 2 is 0.720 bits per heavy atom. The van der Waals surface area contributed by atoms with Gasteiger partial charge in [-0.3, -0.25) is 4.79 Å². The molecule has 2 heterocycles. The standard InChI is InChI=1S/C68H130O14/c1-3-5-7-9-11-13-15-17-19-21-23-25-27-29-31-33-35-37-39-41-43-45-47-49-51-60(70)80-57(55-78-67-66(76)64(74)62(72)59(82-67)56-79-68-65(75)63(73)61(71)58(53-69)81-68)54-77-52-50-48-46-44-42-40-38-36-34-32-30-28-26-24-22-20-18-16-14-12-10-8-6-4-2/h22,24,57-59,61-69,71-76H,3-21,23,25-56H2,1-2H3/b24-22-. The van der Waals surface area contributed by atoms with Crippen LogP contribution in [0.15, 0.2) is 12.2 Å². The van der Waals surface area contributed by atoms with E-state index in [2.05, 4.69) is 26.0 Å². The van der Waals surface area contributed by atoms with E-state index in [4.69, 9.17) is 28.4 Å². The average Bonchev–Trinajstić information content (AvgIpc) is 3.58. The fraction of sp³-hybridized carbons (Fsp3) is 0.956. The molecule has 0 spiro atoms. The van der Waals surface area contributed by atoms with Crippen LogP contribution in [0.4, 0.5) is 0 Å². The molecule has 0 amide bonds. The number of ether oxygens (including phenoxy) is 6. The molecule has 2 fully saturated rings. The first-order valence-electron chi connectivity index (χ1n) is 34.8. The number of esters is 1. The highest BCUT2D eigenvalue weighted by atomic mass is 16.7. The van der Waals surface area contributed by atoms with Gasteiger partial charge in [0.1, 0.15) is 54.9 Å². The first kappa shape index (κ1) is 76.8. The van der Waals surface area contributed by atoms with E-state index >= 15 is 0 Å². The first-order chi connectivity index (χ1) is 40.1. The number of hydrogen-bond acceptors (Lipinski definition) is 14. The molecule has 0 aromatic heterocycles. The number of aliphatic hydroxyl groups excluding tert-OH is 7.